The molecule has 1 aromatic carbocycles. The second-order valence-corrected chi connectivity index (χ2v) is 6.94. The summed E-state index contributed by atoms with van der Waals surface area (Å²) in [6.45, 7) is 0. The lowest BCUT2D eigenvalue weighted by Crippen LogP contribution is -2.34. The molecule has 1 saturated carbocycles. The van der Waals surface area contributed by atoms with Gasteiger partial charge in [-0.05, 0) is 30.9 Å². The van der Waals surface area contributed by atoms with Crippen molar-refractivity contribution < 1.29 is 9.18 Å². The first kappa shape index (κ1) is 18.8. The molecule has 8 heteroatoms. The minimum absolute atomic E-state index is 0. The SMILES string of the molecule is Cl.NC1CCCC(C(=O)Nc2nnc(Cc3ccccc3F)s2)C1. The van der Waals surface area contributed by atoms with E-state index in [2.05, 4.69) is 15.5 Å². The Hall–Kier alpha value is -1.57. The van der Waals surface area contributed by atoms with Crippen LogP contribution in [0.1, 0.15) is 36.3 Å². The number of amides is 1. The first-order valence-corrected chi connectivity index (χ1v) is 8.55. The molecule has 2 unspecified atom stereocenters. The molecule has 1 aromatic heterocycles. The molecule has 0 spiro atoms. The largest absolute Gasteiger partial charge is 0.328 e. The van der Waals surface area contributed by atoms with Crippen LogP contribution in [-0.4, -0.2) is 22.1 Å². The number of rotatable bonds is 4. The van der Waals surface area contributed by atoms with E-state index in [-0.39, 0.29) is 36.1 Å². The van der Waals surface area contributed by atoms with Crippen molar-refractivity contribution in [1.82, 2.24) is 10.2 Å². The summed E-state index contributed by atoms with van der Waals surface area (Å²) in [6, 6.07) is 6.68. The molecule has 1 aliphatic carbocycles. The topological polar surface area (TPSA) is 80.9 Å². The number of hydrogen-bond acceptors (Lipinski definition) is 5. The maximum atomic E-state index is 13.6. The van der Waals surface area contributed by atoms with E-state index in [1.54, 1.807) is 18.2 Å². The summed E-state index contributed by atoms with van der Waals surface area (Å²) in [7, 11) is 0. The molecule has 0 saturated heterocycles. The lowest BCUT2D eigenvalue weighted by atomic mass is 9.86. The van der Waals surface area contributed by atoms with E-state index in [4.69, 9.17) is 5.73 Å². The molecule has 130 valence electrons. The Morgan fingerprint density at radius 2 is 2.12 bits per heavy atom. The van der Waals surface area contributed by atoms with E-state index in [0.717, 1.165) is 19.3 Å². The van der Waals surface area contributed by atoms with Gasteiger partial charge in [-0.2, -0.15) is 0 Å². The molecule has 2 aromatic rings. The van der Waals surface area contributed by atoms with E-state index in [1.807, 2.05) is 0 Å². The Labute approximate surface area is 150 Å². The predicted molar refractivity (Wildman–Crippen MR) is 94.9 cm³/mol. The first-order valence-electron chi connectivity index (χ1n) is 7.74. The quantitative estimate of drug-likeness (QED) is 0.866. The number of anilines is 1. The number of carbonyl (C=O) groups excluding carboxylic acids is 1. The van der Waals surface area contributed by atoms with Gasteiger partial charge in [-0.3, -0.25) is 4.79 Å². The van der Waals surface area contributed by atoms with Crippen molar-refractivity contribution in [2.24, 2.45) is 11.7 Å². The fraction of sp³-hybridized carbons (Fsp3) is 0.438. The number of aromatic nitrogens is 2. The maximum absolute atomic E-state index is 13.6. The Morgan fingerprint density at radius 3 is 2.88 bits per heavy atom. The van der Waals surface area contributed by atoms with Crippen molar-refractivity contribution in [2.75, 3.05) is 5.32 Å². The van der Waals surface area contributed by atoms with Crippen molar-refractivity contribution in [3.63, 3.8) is 0 Å². The standard InChI is InChI=1S/C16H19FN4OS.ClH/c17-13-7-2-1-4-10(13)9-14-20-21-16(23-14)19-15(22)11-5-3-6-12(18)8-11;/h1-2,4,7,11-12H,3,5-6,8-9,18H2,(H,19,21,22);1H. The summed E-state index contributed by atoms with van der Waals surface area (Å²) < 4.78 is 13.6. The van der Waals surface area contributed by atoms with Crippen LogP contribution < -0.4 is 11.1 Å². The molecule has 0 radical (unpaired) electrons. The number of nitrogens with two attached hydrogens (primary N) is 1. The van der Waals surface area contributed by atoms with Crippen molar-refractivity contribution in [3.8, 4) is 0 Å². The second kappa shape index (κ2) is 8.50. The van der Waals surface area contributed by atoms with E-state index < -0.39 is 0 Å². The van der Waals surface area contributed by atoms with Gasteiger partial charge in [-0.25, -0.2) is 4.39 Å². The van der Waals surface area contributed by atoms with Crippen LogP contribution >= 0.6 is 23.7 Å². The van der Waals surface area contributed by atoms with Gasteiger partial charge in [0.05, 0.1) is 0 Å². The van der Waals surface area contributed by atoms with Gasteiger partial charge in [0.1, 0.15) is 10.8 Å². The van der Waals surface area contributed by atoms with Crippen LogP contribution in [0.5, 0.6) is 0 Å². The zero-order chi connectivity index (χ0) is 16.2. The lowest BCUT2D eigenvalue weighted by Gasteiger charge is -2.25. The smallest absolute Gasteiger partial charge is 0.229 e. The number of benzene rings is 1. The van der Waals surface area contributed by atoms with Gasteiger partial charge >= 0.3 is 0 Å². The zero-order valence-corrected chi connectivity index (χ0v) is 14.7. The maximum Gasteiger partial charge on any atom is 0.229 e. The number of halogens is 2. The van der Waals surface area contributed by atoms with Crippen molar-refractivity contribution in [3.05, 3.63) is 40.7 Å². The Balaban J connectivity index is 0.00000208. The van der Waals surface area contributed by atoms with E-state index >= 15 is 0 Å². The Kier molecular flexibility index (Phi) is 6.65. The molecule has 5 nitrogen and oxygen atoms in total. The average molecular weight is 371 g/mol. The summed E-state index contributed by atoms with van der Waals surface area (Å²) in [5.41, 5.74) is 6.49. The van der Waals surface area contributed by atoms with Crippen LogP contribution in [0, 0.1) is 11.7 Å². The van der Waals surface area contributed by atoms with Gasteiger partial charge in [0.25, 0.3) is 0 Å². The van der Waals surface area contributed by atoms with Gasteiger partial charge in [-0.1, -0.05) is 36.0 Å². The minimum Gasteiger partial charge on any atom is -0.328 e. The van der Waals surface area contributed by atoms with Gasteiger partial charge < -0.3 is 11.1 Å². The van der Waals surface area contributed by atoms with Crippen LogP contribution in [0.2, 0.25) is 0 Å². The van der Waals surface area contributed by atoms with E-state index in [0.29, 0.717) is 28.5 Å². The predicted octanol–water partition coefficient (Wildman–Crippen LogP) is 3.15. The highest BCUT2D eigenvalue weighted by molar-refractivity contribution is 7.15. The molecule has 1 heterocycles. The number of carbonyl (C=O) groups is 1. The molecular weight excluding hydrogens is 351 g/mol. The third-order valence-electron chi connectivity index (χ3n) is 4.08. The van der Waals surface area contributed by atoms with Gasteiger partial charge in [0, 0.05) is 18.4 Å². The van der Waals surface area contributed by atoms with E-state index in [1.165, 1.54) is 17.4 Å². The average Bonchev–Trinajstić information content (AvgIpc) is 2.97. The monoisotopic (exact) mass is 370 g/mol. The van der Waals surface area contributed by atoms with E-state index in [9.17, 15) is 9.18 Å². The number of nitrogens with one attached hydrogen (secondary N) is 1. The second-order valence-electron chi connectivity index (χ2n) is 5.88. The zero-order valence-electron chi connectivity index (χ0n) is 13.1. The molecule has 1 amide bonds. The Morgan fingerprint density at radius 1 is 1.33 bits per heavy atom. The minimum atomic E-state index is -0.260. The molecule has 3 N–H and O–H groups in total. The van der Waals surface area contributed by atoms with Gasteiger partial charge in [0.2, 0.25) is 11.0 Å². The number of nitrogens with zero attached hydrogens (tertiary/aromatic N) is 2. The normalized spacial score (nSPS) is 20.2. The fourth-order valence-electron chi connectivity index (χ4n) is 2.85. The van der Waals surface area contributed by atoms with Crippen LogP contribution in [-0.2, 0) is 11.2 Å². The third-order valence-corrected chi connectivity index (χ3v) is 4.92. The highest BCUT2D eigenvalue weighted by Crippen LogP contribution is 2.26. The molecule has 2 atom stereocenters. The summed E-state index contributed by atoms with van der Waals surface area (Å²) in [6.07, 6.45) is 3.91. The summed E-state index contributed by atoms with van der Waals surface area (Å²) in [5, 5.41) is 11.9. The Bertz CT molecular complexity index is 696. The number of hydrogen-bond donors (Lipinski definition) is 2. The van der Waals surface area contributed by atoms with Crippen molar-refractivity contribution >= 4 is 34.8 Å². The summed E-state index contributed by atoms with van der Waals surface area (Å²) in [5.74, 6) is -0.365. The van der Waals surface area contributed by atoms with Crippen LogP contribution in [0.25, 0.3) is 0 Å². The van der Waals surface area contributed by atoms with Crippen molar-refractivity contribution in [2.45, 2.75) is 38.1 Å². The molecular formula is C16H20ClFN4OS. The van der Waals surface area contributed by atoms with Gasteiger partial charge in [-0.15, -0.1) is 22.6 Å². The summed E-state index contributed by atoms with van der Waals surface area (Å²) in [4.78, 5) is 12.2. The van der Waals surface area contributed by atoms with Crippen molar-refractivity contribution in [1.29, 1.82) is 0 Å². The van der Waals surface area contributed by atoms with Crippen LogP contribution in [0.3, 0.4) is 0 Å². The molecule has 24 heavy (non-hydrogen) atoms. The summed E-state index contributed by atoms with van der Waals surface area (Å²) >= 11 is 1.28. The molecule has 1 aliphatic rings. The lowest BCUT2D eigenvalue weighted by molar-refractivity contribution is -0.120. The van der Waals surface area contributed by atoms with Crippen LogP contribution in [0.4, 0.5) is 9.52 Å². The molecule has 1 fully saturated rings. The molecule has 0 bridgehead atoms. The van der Waals surface area contributed by atoms with Crippen LogP contribution in [0.15, 0.2) is 24.3 Å². The molecule has 3 rings (SSSR count). The highest BCUT2D eigenvalue weighted by Gasteiger charge is 2.26. The third kappa shape index (κ3) is 4.72. The fourth-order valence-corrected chi connectivity index (χ4v) is 3.62. The molecule has 0 aliphatic heterocycles. The highest BCUT2D eigenvalue weighted by atomic mass is 35.5. The van der Waals surface area contributed by atoms with Gasteiger partial charge in [0.15, 0.2) is 0 Å². The first-order chi connectivity index (χ1) is 11.1.